The molecular formula is C9H17N3O2. The van der Waals surface area contributed by atoms with Crippen LogP contribution in [0.5, 0.6) is 0 Å². The minimum Gasteiger partial charge on any atom is -0.378 e. The summed E-state index contributed by atoms with van der Waals surface area (Å²) in [5.41, 5.74) is 5.74. The van der Waals surface area contributed by atoms with Gasteiger partial charge in [-0.3, -0.25) is 0 Å². The van der Waals surface area contributed by atoms with Crippen LogP contribution in [-0.4, -0.2) is 37.4 Å². The Hall–Kier alpha value is -0.810. The highest BCUT2D eigenvalue weighted by atomic mass is 16.5. The molecule has 5 nitrogen and oxygen atoms in total. The van der Waals surface area contributed by atoms with Gasteiger partial charge in [-0.2, -0.15) is 0 Å². The molecule has 1 saturated heterocycles. The fraction of sp³-hybridized carbons (Fsp3) is 0.889. The molecule has 2 unspecified atom stereocenters. The van der Waals surface area contributed by atoms with Crippen molar-refractivity contribution in [2.24, 2.45) is 5.73 Å². The van der Waals surface area contributed by atoms with Gasteiger partial charge in [0, 0.05) is 6.04 Å². The molecule has 2 rings (SSSR count). The highest BCUT2D eigenvalue weighted by Crippen LogP contribution is 2.17. The van der Waals surface area contributed by atoms with Gasteiger partial charge in [0.05, 0.1) is 25.3 Å². The third-order valence-electron chi connectivity index (χ3n) is 2.88. The van der Waals surface area contributed by atoms with E-state index in [4.69, 9.17) is 10.5 Å². The highest BCUT2D eigenvalue weighted by Gasteiger charge is 2.27. The van der Waals surface area contributed by atoms with Crippen LogP contribution in [0.3, 0.4) is 0 Å². The van der Waals surface area contributed by atoms with Crippen molar-refractivity contribution in [2.45, 2.75) is 37.4 Å². The van der Waals surface area contributed by atoms with Gasteiger partial charge in [0.25, 0.3) is 0 Å². The van der Waals surface area contributed by atoms with Gasteiger partial charge in [-0.1, -0.05) is 0 Å². The van der Waals surface area contributed by atoms with Crippen LogP contribution in [0.4, 0.5) is 4.79 Å². The Morgan fingerprint density at radius 2 is 2.07 bits per heavy atom. The topological polar surface area (TPSA) is 76.4 Å². The van der Waals surface area contributed by atoms with Crippen LogP contribution in [-0.2, 0) is 4.74 Å². The van der Waals surface area contributed by atoms with Gasteiger partial charge < -0.3 is 21.1 Å². The second-order valence-corrected chi connectivity index (χ2v) is 4.05. The Labute approximate surface area is 83.4 Å². The molecule has 1 aliphatic carbocycles. The summed E-state index contributed by atoms with van der Waals surface area (Å²) in [5.74, 6) is 0. The summed E-state index contributed by atoms with van der Waals surface area (Å²) < 4.78 is 5.15. The molecule has 2 atom stereocenters. The van der Waals surface area contributed by atoms with E-state index in [1.165, 1.54) is 6.42 Å². The van der Waals surface area contributed by atoms with E-state index in [2.05, 4.69) is 10.6 Å². The lowest BCUT2D eigenvalue weighted by Crippen LogP contribution is -2.53. The molecule has 0 aromatic heterocycles. The smallest absolute Gasteiger partial charge is 0.315 e. The van der Waals surface area contributed by atoms with Crippen LogP contribution in [0.15, 0.2) is 0 Å². The summed E-state index contributed by atoms with van der Waals surface area (Å²) in [6.07, 6.45) is 3.41. The average molecular weight is 199 g/mol. The lowest BCUT2D eigenvalue weighted by atomic mass is 9.93. The number of urea groups is 1. The molecule has 2 amide bonds. The molecular weight excluding hydrogens is 182 g/mol. The van der Waals surface area contributed by atoms with Crippen LogP contribution in [0.1, 0.15) is 19.3 Å². The largest absolute Gasteiger partial charge is 0.378 e. The zero-order chi connectivity index (χ0) is 9.97. The maximum atomic E-state index is 11.4. The molecule has 80 valence electrons. The molecule has 0 spiro atoms. The van der Waals surface area contributed by atoms with Crippen molar-refractivity contribution in [2.75, 3.05) is 13.2 Å². The van der Waals surface area contributed by atoms with E-state index in [-0.39, 0.29) is 18.1 Å². The molecule has 4 N–H and O–H groups in total. The van der Waals surface area contributed by atoms with Crippen LogP contribution in [0.2, 0.25) is 0 Å². The summed E-state index contributed by atoms with van der Waals surface area (Å²) in [5, 5.41) is 5.73. The van der Waals surface area contributed by atoms with Crippen molar-refractivity contribution in [1.29, 1.82) is 0 Å². The van der Waals surface area contributed by atoms with Crippen molar-refractivity contribution in [1.82, 2.24) is 10.6 Å². The Bertz CT molecular complexity index is 218. The molecule has 5 heteroatoms. The lowest BCUT2D eigenvalue weighted by molar-refractivity contribution is 0.185. The first-order chi connectivity index (χ1) is 6.75. The van der Waals surface area contributed by atoms with E-state index in [1.807, 2.05) is 0 Å². The van der Waals surface area contributed by atoms with Crippen molar-refractivity contribution in [3.63, 3.8) is 0 Å². The number of hydrogen-bond donors (Lipinski definition) is 3. The van der Waals surface area contributed by atoms with Gasteiger partial charge >= 0.3 is 6.03 Å². The number of hydrogen-bond acceptors (Lipinski definition) is 3. The number of nitrogens with two attached hydrogens (primary N) is 1. The number of carbonyl (C=O) groups is 1. The van der Waals surface area contributed by atoms with Crippen molar-refractivity contribution in [3.8, 4) is 0 Å². The first-order valence-corrected chi connectivity index (χ1v) is 5.16. The maximum Gasteiger partial charge on any atom is 0.315 e. The Balaban J connectivity index is 1.70. The van der Waals surface area contributed by atoms with Crippen LogP contribution < -0.4 is 16.4 Å². The second kappa shape index (κ2) is 4.14. The summed E-state index contributed by atoms with van der Waals surface area (Å²) in [7, 11) is 0. The Kier molecular flexibility index (Phi) is 2.88. The zero-order valence-electron chi connectivity index (χ0n) is 8.16. The van der Waals surface area contributed by atoms with Gasteiger partial charge in [0.2, 0.25) is 0 Å². The summed E-state index contributed by atoms with van der Waals surface area (Å²) >= 11 is 0. The third-order valence-corrected chi connectivity index (χ3v) is 2.88. The van der Waals surface area contributed by atoms with E-state index in [9.17, 15) is 4.79 Å². The predicted octanol–water partition coefficient (Wildman–Crippen LogP) is -0.436. The highest BCUT2D eigenvalue weighted by molar-refractivity contribution is 5.74. The first-order valence-electron chi connectivity index (χ1n) is 5.16. The number of ether oxygens (including phenoxy) is 1. The lowest BCUT2D eigenvalue weighted by Gasteiger charge is -2.27. The van der Waals surface area contributed by atoms with Crippen LogP contribution >= 0.6 is 0 Å². The summed E-state index contributed by atoms with van der Waals surface area (Å²) in [6, 6.07) is 0.159. The van der Waals surface area contributed by atoms with E-state index in [1.54, 1.807) is 0 Å². The molecule has 0 aromatic rings. The minimum atomic E-state index is -0.111. The molecule has 1 heterocycles. The average Bonchev–Trinajstić information content (AvgIpc) is 2.45. The summed E-state index contributed by atoms with van der Waals surface area (Å²) in [4.78, 5) is 11.4. The quantitative estimate of drug-likeness (QED) is 0.564. The van der Waals surface area contributed by atoms with E-state index < -0.39 is 0 Å². The van der Waals surface area contributed by atoms with Crippen molar-refractivity contribution in [3.05, 3.63) is 0 Å². The van der Waals surface area contributed by atoms with E-state index in [0.29, 0.717) is 19.3 Å². The monoisotopic (exact) mass is 199 g/mol. The number of carbonyl (C=O) groups excluding carboxylic acids is 1. The van der Waals surface area contributed by atoms with Gasteiger partial charge in [0.15, 0.2) is 0 Å². The van der Waals surface area contributed by atoms with Crippen LogP contribution in [0, 0.1) is 0 Å². The molecule has 0 aromatic carbocycles. The molecule has 1 saturated carbocycles. The normalized spacial score (nSPS) is 32.4. The SMILES string of the molecule is NC1COCC1NC(=O)NC1CCC1. The van der Waals surface area contributed by atoms with Gasteiger partial charge in [-0.15, -0.1) is 0 Å². The van der Waals surface area contributed by atoms with Crippen LogP contribution in [0.25, 0.3) is 0 Å². The molecule has 14 heavy (non-hydrogen) atoms. The van der Waals surface area contributed by atoms with E-state index in [0.717, 1.165) is 12.8 Å². The maximum absolute atomic E-state index is 11.4. The van der Waals surface area contributed by atoms with Gasteiger partial charge in [0.1, 0.15) is 0 Å². The fourth-order valence-electron chi connectivity index (χ4n) is 1.67. The van der Waals surface area contributed by atoms with Gasteiger partial charge in [-0.25, -0.2) is 4.79 Å². The molecule has 2 fully saturated rings. The van der Waals surface area contributed by atoms with E-state index >= 15 is 0 Å². The predicted molar refractivity (Wildman–Crippen MR) is 51.9 cm³/mol. The number of rotatable bonds is 2. The Morgan fingerprint density at radius 3 is 2.57 bits per heavy atom. The van der Waals surface area contributed by atoms with Crippen molar-refractivity contribution < 1.29 is 9.53 Å². The summed E-state index contributed by atoms with van der Waals surface area (Å²) in [6.45, 7) is 1.06. The third kappa shape index (κ3) is 2.16. The fourth-order valence-corrected chi connectivity index (χ4v) is 1.67. The minimum absolute atomic E-state index is 0.0323. The number of amides is 2. The second-order valence-electron chi connectivity index (χ2n) is 4.05. The standard InChI is InChI=1S/C9H17N3O2/c10-7-4-14-5-8(7)12-9(13)11-6-2-1-3-6/h6-8H,1-5,10H2,(H2,11,12,13). The van der Waals surface area contributed by atoms with Crippen molar-refractivity contribution >= 4 is 6.03 Å². The molecule has 0 radical (unpaired) electrons. The zero-order valence-corrected chi connectivity index (χ0v) is 8.16. The Morgan fingerprint density at radius 1 is 1.29 bits per heavy atom. The molecule has 0 bridgehead atoms. The first kappa shape index (κ1) is 9.73. The molecule has 2 aliphatic rings. The number of nitrogens with one attached hydrogen (secondary N) is 2. The van der Waals surface area contributed by atoms with Gasteiger partial charge in [-0.05, 0) is 19.3 Å². The molecule has 1 aliphatic heterocycles.